The number of allylic oxidation sites excluding steroid dienone is 1. The molecule has 1 aromatic rings. The van der Waals surface area contributed by atoms with Crippen LogP contribution in [0.4, 0.5) is 0 Å². The highest BCUT2D eigenvalue weighted by Crippen LogP contribution is 2.41. The van der Waals surface area contributed by atoms with Gasteiger partial charge in [0.2, 0.25) is 0 Å². The van der Waals surface area contributed by atoms with E-state index in [0.29, 0.717) is 0 Å². The maximum atomic E-state index is 6.40. The van der Waals surface area contributed by atoms with Crippen LogP contribution in [0, 0.1) is 0 Å². The first-order valence-corrected chi connectivity index (χ1v) is 4.62. The third-order valence-corrected chi connectivity index (χ3v) is 3.05. The molecule has 0 spiro atoms. The van der Waals surface area contributed by atoms with Crippen molar-refractivity contribution < 1.29 is 0 Å². The van der Waals surface area contributed by atoms with Gasteiger partial charge in [-0.1, -0.05) is 43.3 Å². The van der Waals surface area contributed by atoms with E-state index in [2.05, 4.69) is 31.2 Å². The van der Waals surface area contributed by atoms with Crippen LogP contribution in [0.2, 0.25) is 0 Å². The molecule has 1 unspecified atom stereocenters. The minimum atomic E-state index is -0.239. The molecule has 1 aromatic carbocycles. The molecule has 0 aromatic heterocycles. The molecule has 0 aliphatic heterocycles. The van der Waals surface area contributed by atoms with Gasteiger partial charge in [0.25, 0.3) is 0 Å². The average molecular weight is 179 g/mol. The summed E-state index contributed by atoms with van der Waals surface area (Å²) in [5.74, 6) is 0. The lowest BCUT2D eigenvalue weighted by atomic mass is 9.98. The van der Waals surface area contributed by atoms with Gasteiger partial charge < -0.3 is 0 Å². The number of hydrogen-bond donors (Lipinski definition) is 0. The van der Waals surface area contributed by atoms with Gasteiger partial charge >= 0.3 is 0 Å². The van der Waals surface area contributed by atoms with Crippen LogP contribution in [0.25, 0.3) is 6.08 Å². The molecule has 0 heterocycles. The predicted octanol–water partition coefficient (Wildman–Crippen LogP) is 3.56. The monoisotopic (exact) mass is 178 g/mol. The maximum absolute atomic E-state index is 6.40. The highest BCUT2D eigenvalue weighted by atomic mass is 35.5. The smallest absolute Gasteiger partial charge is 0.0881 e. The Bertz CT molecular complexity index is 328. The van der Waals surface area contributed by atoms with E-state index in [1.165, 1.54) is 11.1 Å². The van der Waals surface area contributed by atoms with Crippen molar-refractivity contribution in [3.05, 3.63) is 41.5 Å². The molecule has 12 heavy (non-hydrogen) atoms. The Morgan fingerprint density at radius 2 is 2.08 bits per heavy atom. The van der Waals surface area contributed by atoms with Crippen LogP contribution in [0.5, 0.6) is 0 Å². The van der Waals surface area contributed by atoms with Crippen molar-refractivity contribution in [3.8, 4) is 0 Å². The van der Waals surface area contributed by atoms with Crippen molar-refractivity contribution in [1.29, 1.82) is 0 Å². The fourth-order valence-corrected chi connectivity index (χ4v) is 1.88. The summed E-state index contributed by atoms with van der Waals surface area (Å²) in [5, 5.41) is 0. The van der Waals surface area contributed by atoms with Gasteiger partial charge in [-0.2, -0.15) is 0 Å². The minimum absolute atomic E-state index is 0.239. The number of benzene rings is 1. The van der Waals surface area contributed by atoms with Crippen molar-refractivity contribution in [1.82, 2.24) is 0 Å². The molecule has 1 heteroatoms. The lowest BCUT2D eigenvalue weighted by molar-refractivity contribution is 0.735. The summed E-state index contributed by atoms with van der Waals surface area (Å²) in [5.41, 5.74) is 2.50. The standard InChI is InChI=1S/C11H11Cl/c1-2-11(12)8-7-9-5-3-4-6-10(9)11/h3-8H,2H2,1H3. The average Bonchev–Trinajstić information content (AvgIpc) is 2.46. The van der Waals surface area contributed by atoms with Gasteiger partial charge in [0, 0.05) is 0 Å². The number of hydrogen-bond acceptors (Lipinski definition) is 0. The molecule has 1 aliphatic rings. The topological polar surface area (TPSA) is 0 Å². The normalized spacial score (nSPS) is 25.8. The molecule has 0 amide bonds. The molecule has 0 fully saturated rings. The lowest BCUT2D eigenvalue weighted by Gasteiger charge is -2.18. The van der Waals surface area contributed by atoms with E-state index >= 15 is 0 Å². The van der Waals surface area contributed by atoms with Crippen LogP contribution in [-0.2, 0) is 4.87 Å². The van der Waals surface area contributed by atoms with Gasteiger partial charge in [-0.3, -0.25) is 0 Å². The molecule has 1 aliphatic carbocycles. The number of fused-ring (bicyclic) bond motifs is 1. The molecular formula is C11H11Cl. The van der Waals surface area contributed by atoms with E-state index in [4.69, 9.17) is 11.6 Å². The molecule has 0 saturated heterocycles. The van der Waals surface area contributed by atoms with Gasteiger partial charge in [0.1, 0.15) is 0 Å². The van der Waals surface area contributed by atoms with E-state index in [9.17, 15) is 0 Å². The highest BCUT2D eigenvalue weighted by Gasteiger charge is 2.29. The van der Waals surface area contributed by atoms with Crippen molar-refractivity contribution in [2.75, 3.05) is 0 Å². The summed E-state index contributed by atoms with van der Waals surface area (Å²) < 4.78 is 0. The number of alkyl halides is 1. The Hall–Kier alpha value is -0.750. The van der Waals surface area contributed by atoms with Gasteiger partial charge in [0.05, 0.1) is 4.87 Å². The van der Waals surface area contributed by atoms with E-state index in [1.54, 1.807) is 0 Å². The summed E-state index contributed by atoms with van der Waals surface area (Å²) in [4.78, 5) is -0.239. The molecule has 0 nitrogen and oxygen atoms in total. The van der Waals surface area contributed by atoms with Crippen molar-refractivity contribution >= 4 is 17.7 Å². The molecule has 62 valence electrons. The number of rotatable bonds is 1. The number of halogens is 1. The van der Waals surface area contributed by atoms with E-state index in [1.807, 2.05) is 12.1 Å². The van der Waals surface area contributed by atoms with Crippen LogP contribution in [-0.4, -0.2) is 0 Å². The zero-order valence-corrected chi connectivity index (χ0v) is 7.81. The zero-order valence-electron chi connectivity index (χ0n) is 7.05. The van der Waals surface area contributed by atoms with Crippen molar-refractivity contribution in [2.45, 2.75) is 18.2 Å². The van der Waals surface area contributed by atoms with Gasteiger partial charge in [-0.05, 0) is 17.5 Å². The van der Waals surface area contributed by atoms with Crippen molar-refractivity contribution in [2.24, 2.45) is 0 Å². The zero-order chi connectivity index (χ0) is 8.60. The molecule has 0 N–H and O–H groups in total. The van der Waals surface area contributed by atoms with Crippen LogP contribution < -0.4 is 0 Å². The summed E-state index contributed by atoms with van der Waals surface area (Å²) in [7, 11) is 0. The second-order valence-electron chi connectivity index (χ2n) is 3.14. The third-order valence-electron chi connectivity index (χ3n) is 2.45. The first kappa shape index (κ1) is 7.88. The molecule has 0 bridgehead atoms. The second-order valence-corrected chi connectivity index (χ2v) is 3.81. The van der Waals surface area contributed by atoms with Crippen LogP contribution >= 0.6 is 11.6 Å². The fourth-order valence-electron chi connectivity index (χ4n) is 1.64. The van der Waals surface area contributed by atoms with Crippen molar-refractivity contribution in [3.63, 3.8) is 0 Å². The fraction of sp³-hybridized carbons (Fsp3) is 0.273. The van der Waals surface area contributed by atoms with Crippen LogP contribution in [0.3, 0.4) is 0 Å². The Morgan fingerprint density at radius 3 is 2.83 bits per heavy atom. The van der Waals surface area contributed by atoms with E-state index in [-0.39, 0.29) is 4.87 Å². The van der Waals surface area contributed by atoms with E-state index in [0.717, 1.165) is 6.42 Å². The summed E-state index contributed by atoms with van der Waals surface area (Å²) in [6.45, 7) is 2.11. The first-order chi connectivity index (χ1) is 5.76. The SMILES string of the molecule is CCC1(Cl)C=Cc2ccccc21. The minimum Gasteiger partial charge on any atom is -0.109 e. The molecular weight excluding hydrogens is 168 g/mol. The van der Waals surface area contributed by atoms with Crippen LogP contribution in [0.15, 0.2) is 30.3 Å². The molecule has 1 atom stereocenters. The molecule has 2 rings (SSSR count). The lowest BCUT2D eigenvalue weighted by Crippen LogP contribution is -2.11. The Kier molecular flexibility index (Phi) is 1.73. The van der Waals surface area contributed by atoms with Gasteiger partial charge in [-0.25, -0.2) is 0 Å². The van der Waals surface area contributed by atoms with E-state index < -0.39 is 0 Å². The summed E-state index contributed by atoms with van der Waals surface area (Å²) in [6.07, 6.45) is 5.13. The predicted molar refractivity (Wildman–Crippen MR) is 53.3 cm³/mol. The quantitative estimate of drug-likeness (QED) is 0.577. The summed E-state index contributed by atoms with van der Waals surface area (Å²) in [6, 6.07) is 8.29. The molecule has 0 radical (unpaired) electrons. The van der Waals surface area contributed by atoms with Gasteiger partial charge in [-0.15, -0.1) is 11.6 Å². The Labute approximate surface area is 77.9 Å². The van der Waals surface area contributed by atoms with Gasteiger partial charge in [0.15, 0.2) is 0 Å². The largest absolute Gasteiger partial charge is 0.109 e. The van der Waals surface area contributed by atoms with Crippen LogP contribution in [0.1, 0.15) is 24.5 Å². The first-order valence-electron chi connectivity index (χ1n) is 4.24. The Balaban J connectivity index is 2.56. The second kappa shape index (κ2) is 2.63. The highest BCUT2D eigenvalue weighted by molar-refractivity contribution is 6.26. The maximum Gasteiger partial charge on any atom is 0.0881 e. The third kappa shape index (κ3) is 0.987. The Morgan fingerprint density at radius 1 is 1.33 bits per heavy atom. The summed E-state index contributed by atoms with van der Waals surface area (Å²) >= 11 is 6.40. The molecule has 0 saturated carbocycles.